The highest BCUT2D eigenvalue weighted by Crippen LogP contribution is 2.14. The molecular formula is C30H43N5O7. The molecule has 42 heavy (non-hydrogen) atoms. The number of nitrogens with two attached hydrogens (primary N) is 2. The summed E-state index contributed by atoms with van der Waals surface area (Å²) in [7, 11) is 0. The number of carbonyl (C=O) groups excluding carboxylic acids is 3. The van der Waals surface area contributed by atoms with Crippen molar-refractivity contribution in [1.82, 2.24) is 16.0 Å². The maximum absolute atomic E-state index is 13.5. The van der Waals surface area contributed by atoms with Crippen LogP contribution in [0, 0.1) is 5.92 Å². The van der Waals surface area contributed by atoms with Crippen LogP contribution in [-0.2, 0) is 32.0 Å². The SMILES string of the molecule is CC(C)CC(NC(=O)C(N)Cc1ccc(O)cc1)C(=O)NC(Cc1ccc(O)cc1)C(=O)NC(CCCCN)C(=O)O. The first kappa shape index (κ1) is 34.0. The molecule has 4 atom stereocenters. The van der Waals surface area contributed by atoms with Crippen LogP contribution < -0.4 is 27.4 Å². The summed E-state index contributed by atoms with van der Waals surface area (Å²) in [6, 6.07) is 8.00. The fourth-order valence-corrected chi connectivity index (χ4v) is 4.33. The molecule has 12 nitrogen and oxygen atoms in total. The molecule has 12 heteroatoms. The fourth-order valence-electron chi connectivity index (χ4n) is 4.33. The van der Waals surface area contributed by atoms with Crippen LogP contribution in [0.2, 0.25) is 0 Å². The van der Waals surface area contributed by atoms with E-state index in [0.29, 0.717) is 24.9 Å². The van der Waals surface area contributed by atoms with E-state index in [-0.39, 0.29) is 43.1 Å². The van der Waals surface area contributed by atoms with Crippen LogP contribution in [0.1, 0.15) is 50.7 Å². The maximum atomic E-state index is 13.5. The van der Waals surface area contributed by atoms with E-state index in [1.807, 2.05) is 13.8 Å². The van der Waals surface area contributed by atoms with Gasteiger partial charge >= 0.3 is 5.97 Å². The van der Waals surface area contributed by atoms with Crippen molar-refractivity contribution in [2.45, 2.75) is 76.5 Å². The van der Waals surface area contributed by atoms with E-state index < -0.39 is 47.9 Å². The summed E-state index contributed by atoms with van der Waals surface area (Å²) in [5.41, 5.74) is 13.0. The molecule has 0 aromatic heterocycles. The Morgan fingerprint density at radius 3 is 1.69 bits per heavy atom. The second-order valence-corrected chi connectivity index (χ2v) is 10.8. The van der Waals surface area contributed by atoms with Crippen LogP contribution in [0.25, 0.3) is 0 Å². The monoisotopic (exact) mass is 585 g/mol. The summed E-state index contributed by atoms with van der Waals surface area (Å²) in [4.78, 5) is 51.5. The van der Waals surface area contributed by atoms with Gasteiger partial charge in [-0.15, -0.1) is 0 Å². The molecule has 4 unspecified atom stereocenters. The number of phenols is 2. The van der Waals surface area contributed by atoms with Gasteiger partial charge < -0.3 is 42.7 Å². The molecule has 2 rings (SSSR count). The Morgan fingerprint density at radius 1 is 0.714 bits per heavy atom. The number of carboxylic acids is 1. The van der Waals surface area contributed by atoms with Crippen LogP contribution >= 0.6 is 0 Å². The van der Waals surface area contributed by atoms with Crippen molar-refractivity contribution in [3.05, 3.63) is 59.7 Å². The van der Waals surface area contributed by atoms with Gasteiger partial charge in [0.2, 0.25) is 17.7 Å². The lowest BCUT2D eigenvalue weighted by molar-refractivity contribution is -0.142. The van der Waals surface area contributed by atoms with Gasteiger partial charge in [-0.2, -0.15) is 0 Å². The van der Waals surface area contributed by atoms with Crippen LogP contribution in [0.3, 0.4) is 0 Å². The number of amides is 3. The zero-order chi connectivity index (χ0) is 31.2. The minimum atomic E-state index is -1.21. The minimum absolute atomic E-state index is 0.00214. The minimum Gasteiger partial charge on any atom is -0.508 e. The quantitative estimate of drug-likeness (QED) is 0.124. The van der Waals surface area contributed by atoms with E-state index >= 15 is 0 Å². The molecule has 0 aliphatic heterocycles. The van der Waals surface area contributed by atoms with Gasteiger partial charge in [-0.25, -0.2) is 4.79 Å². The number of benzene rings is 2. The third-order valence-electron chi connectivity index (χ3n) is 6.64. The average Bonchev–Trinajstić information content (AvgIpc) is 2.93. The molecule has 0 aliphatic carbocycles. The molecule has 10 N–H and O–H groups in total. The average molecular weight is 586 g/mol. The predicted octanol–water partition coefficient (Wildman–Crippen LogP) is 0.924. The zero-order valence-corrected chi connectivity index (χ0v) is 24.1. The zero-order valence-electron chi connectivity index (χ0n) is 24.1. The van der Waals surface area contributed by atoms with Crippen molar-refractivity contribution in [1.29, 1.82) is 0 Å². The van der Waals surface area contributed by atoms with Crippen LogP contribution in [0.5, 0.6) is 11.5 Å². The number of aliphatic carboxylic acids is 1. The molecule has 0 saturated heterocycles. The molecule has 230 valence electrons. The standard InChI is InChI=1S/C30H43N5O7/c1-18(2)15-25(34-27(38)23(32)16-19-6-10-21(36)11-7-19)28(39)35-26(17-20-8-12-22(37)13-9-20)29(40)33-24(30(41)42)5-3-4-14-31/h6-13,18,23-26,36-37H,3-5,14-17,31-32H2,1-2H3,(H,33,40)(H,34,38)(H,35,39)(H,41,42). The number of hydrogen-bond donors (Lipinski definition) is 8. The van der Waals surface area contributed by atoms with Gasteiger partial charge in [0.1, 0.15) is 29.6 Å². The highest BCUT2D eigenvalue weighted by Gasteiger charge is 2.31. The summed E-state index contributed by atoms with van der Waals surface area (Å²) in [6.45, 7) is 4.14. The van der Waals surface area contributed by atoms with Crippen molar-refractivity contribution in [2.75, 3.05) is 6.54 Å². The van der Waals surface area contributed by atoms with E-state index in [9.17, 15) is 34.5 Å². The Hall–Kier alpha value is -4.16. The molecule has 0 fully saturated rings. The van der Waals surface area contributed by atoms with E-state index in [4.69, 9.17) is 11.5 Å². The summed E-state index contributed by atoms with van der Waals surface area (Å²) >= 11 is 0. The molecule has 0 spiro atoms. The molecule has 0 aliphatic rings. The van der Waals surface area contributed by atoms with Crippen LogP contribution in [0.4, 0.5) is 0 Å². The number of rotatable bonds is 17. The number of nitrogens with one attached hydrogen (secondary N) is 3. The molecular weight excluding hydrogens is 542 g/mol. The number of carbonyl (C=O) groups is 4. The topological polar surface area (TPSA) is 217 Å². The van der Waals surface area contributed by atoms with E-state index in [1.165, 1.54) is 24.3 Å². The Bertz CT molecular complexity index is 1170. The number of unbranched alkanes of at least 4 members (excludes halogenated alkanes) is 1. The van der Waals surface area contributed by atoms with Gasteiger partial charge in [-0.05, 0) is 80.0 Å². The van der Waals surface area contributed by atoms with E-state index in [2.05, 4.69) is 16.0 Å². The largest absolute Gasteiger partial charge is 0.508 e. The smallest absolute Gasteiger partial charge is 0.326 e. The Balaban J connectivity index is 2.21. The van der Waals surface area contributed by atoms with Crippen LogP contribution in [0.15, 0.2) is 48.5 Å². The first-order valence-corrected chi connectivity index (χ1v) is 14.0. The Labute approximate surface area is 245 Å². The summed E-state index contributed by atoms with van der Waals surface area (Å²) in [5.74, 6) is -2.98. The number of hydrogen-bond acceptors (Lipinski definition) is 8. The second-order valence-electron chi connectivity index (χ2n) is 10.8. The van der Waals surface area contributed by atoms with Crippen molar-refractivity contribution < 1.29 is 34.5 Å². The van der Waals surface area contributed by atoms with Gasteiger partial charge in [0.25, 0.3) is 0 Å². The molecule has 0 bridgehead atoms. The van der Waals surface area contributed by atoms with Gasteiger partial charge in [-0.1, -0.05) is 38.1 Å². The first-order valence-electron chi connectivity index (χ1n) is 14.0. The van der Waals surface area contributed by atoms with E-state index in [0.717, 1.165) is 5.56 Å². The van der Waals surface area contributed by atoms with Crippen molar-refractivity contribution in [3.63, 3.8) is 0 Å². The lowest BCUT2D eigenvalue weighted by Gasteiger charge is -2.26. The van der Waals surface area contributed by atoms with Crippen molar-refractivity contribution in [2.24, 2.45) is 17.4 Å². The highest BCUT2D eigenvalue weighted by atomic mass is 16.4. The summed E-state index contributed by atoms with van der Waals surface area (Å²) in [6.07, 6.45) is 1.70. The predicted molar refractivity (Wildman–Crippen MR) is 157 cm³/mol. The van der Waals surface area contributed by atoms with Gasteiger partial charge in [-0.3, -0.25) is 14.4 Å². The highest BCUT2D eigenvalue weighted by molar-refractivity contribution is 5.94. The molecule has 0 heterocycles. The molecule has 0 saturated carbocycles. The molecule has 2 aromatic rings. The third-order valence-corrected chi connectivity index (χ3v) is 6.64. The normalized spacial score (nSPS) is 13.9. The Kier molecular flexibility index (Phi) is 13.7. The summed E-state index contributed by atoms with van der Waals surface area (Å²) < 4.78 is 0. The lowest BCUT2D eigenvalue weighted by atomic mass is 9.99. The van der Waals surface area contributed by atoms with Crippen molar-refractivity contribution in [3.8, 4) is 11.5 Å². The third kappa shape index (κ3) is 11.8. The summed E-state index contributed by atoms with van der Waals surface area (Å²) in [5, 5.41) is 36.6. The van der Waals surface area contributed by atoms with Crippen molar-refractivity contribution >= 4 is 23.7 Å². The van der Waals surface area contributed by atoms with Gasteiger partial charge in [0.15, 0.2) is 0 Å². The first-order chi connectivity index (χ1) is 19.9. The lowest BCUT2D eigenvalue weighted by Crippen LogP contribution is -2.58. The number of phenolic OH excluding ortho intramolecular Hbond substituents is 2. The number of aromatic hydroxyl groups is 2. The Morgan fingerprint density at radius 2 is 1.19 bits per heavy atom. The van der Waals surface area contributed by atoms with Crippen LogP contribution in [-0.4, -0.2) is 69.7 Å². The van der Waals surface area contributed by atoms with Gasteiger partial charge in [0, 0.05) is 6.42 Å². The molecule has 0 radical (unpaired) electrons. The maximum Gasteiger partial charge on any atom is 0.326 e. The molecule has 2 aromatic carbocycles. The fraction of sp³-hybridized carbons (Fsp3) is 0.467. The second kappa shape index (κ2) is 16.9. The number of carboxylic acid groups (broad SMARTS) is 1. The molecule has 3 amide bonds. The van der Waals surface area contributed by atoms with Gasteiger partial charge in [0.05, 0.1) is 6.04 Å². The van der Waals surface area contributed by atoms with E-state index in [1.54, 1.807) is 24.3 Å².